The van der Waals surface area contributed by atoms with E-state index in [1.165, 1.54) is 11.9 Å². The second kappa shape index (κ2) is 15.5. The van der Waals surface area contributed by atoms with Gasteiger partial charge < -0.3 is 26.3 Å². The van der Waals surface area contributed by atoms with Crippen molar-refractivity contribution in [2.45, 2.75) is 32.5 Å². The third-order valence-corrected chi connectivity index (χ3v) is 7.93. The zero-order chi connectivity index (χ0) is 33.3. The molecule has 0 aliphatic carbocycles. The van der Waals surface area contributed by atoms with E-state index in [-0.39, 0.29) is 17.8 Å². The maximum Gasteiger partial charge on any atom is 0.266 e. The number of aromatic nitrogens is 2. The minimum atomic E-state index is -1.11. The molecule has 45 heavy (non-hydrogen) atoms. The lowest BCUT2D eigenvalue weighted by Gasteiger charge is -2.25. The van der Waals surface area contributed by atoms with Crippen LogP contribution in [0.25, 0.3) is 0 Å². The molecule has 13 heteroatoms. The van der Waals surface area contributed by atoms with E-state index in [1.807, 2.05) is 64.8 Å². The van der Waals surface area contributed by atoms with Gasteiger partial charge in [0, 0.05) is 77.6 Å². The van der Waals surface area contributed by atoms with Crippen LogP contribution in [0.1, 0.15) is 45.7 Å². The number of nitrogens with two attached hydrogens (primary N) is 3. The van der Waals surface area contributed by atoms with Crippen LogP contribution in [0.2, 0.25) is 0 Å². The Balaban J connectivity index is 0.000000217. The number of ketones is 2. The summed E-state index contributed by atoms with van der Waals surface area (Å²) in [7, 11) is 3.19. The van der Waals surface area contributed by atoms with Gasteiger partial charge in [-0.05, 0) is 55.8 Å². The summed E-state index contributed by atoms with van der Waals surface area (Å²) < 4.78 is 5.57. The first-order chi connectivity index (χ1) is 21.4. The number of amides is 1. The van der Waals surface area contributed by atoms with E-state index in [9.17, 15) is 14.4 Å². The monoisotopic (exact) mass is 738 g/mol. The summed E-state index contributed by atoms with van der Waals surface area (Å²) >= 11 is 6.75. The van der Waals surface area contributed by atoms with Crippen molar-refractivity contribution in [2.75, 3.05) is 14.1 Å². The summed E-state index contributed by atoms with van der Waals surface area (Å²) in [4.78, 5) is 46.3. The minimum absolute atomic E-state index is 0.130. The summed E-state index contributed by atoms with van der Waals surface area (Å²) in [5, 5.41) is 0. The molecule has 3 heterocycles. The van der Waals surface area contributed by atoms with Crippen molar-refractivity contribution in [2.24, 2.45) is 27.2 Å². The van der Waals surface area contributed by atoms with Crippen LogP contribution in [-0.2, 0) is 23.4 Å². The highest BCUT2D eigenvalue weighted by molar-refractivity contribution is 9.10. The number of carbonyl (C=O) groups is 3. The van der Waals surface area contributed by atoms with Crippen LogP contribution in [0.5, 0.6) is 0 Å². The van der Waals surface area contributed by atoms with Gasteiger partial charge in [0.2, 0.25) is 11.6 Å². The number of guanidine groups is 2. The van der Waals surface area contributed by atoms with Crippen molar-refractivity contribution >= 4 is 61.3 Å². The fraction of sp³-hybridized carbons (Fsp3) is 0.219. The molecule has 4 aromatic rings. The van der Waals surface area contributed by atoms with Crippen LogP contribution < -0.4 is 17.2 Å². The molecule has 0 saturated heterocycles. The number of halogens is 2. The predicted octanol–water partition coefficient (Wildman–Crippen LogP) is 4.53. The van der Waals surface area contributed by atoms with E-state index in [2.05, 4.69) is 48.8 Å². The molecule has 2 aromatic heterocycles. The average molecular weight is 741 g/mol. The van der Waals surface area contributed by atoms with Gasteiger partial charge >= 0.3 is 0 Å². The molecule has 1 amide bonds. The third kappa shape index (κ3) is 8.17. The van der Waals surface area contributed by atoms with Crippen LogP contribution in [0.4, 0.5) is 0 Å². The van der Waals surface area contributed by atoms with Crippen LogP contribution >= 0.6 is 31.9 Å². The van der Waals surface area contributed by atoms with Crippen molar-refractivity contribution < 1.29 is 14.4 Å². The molecule has 236 valence electrons. The quantitative estimate of drug-likeness (QED) is 0.109. The number of aliphatic imine (C=N–C) groups is 2. The molecular weight excluding hydrogens is 704 g/mol. The lowest BCUT2D eigenvalue weighted by Crippen LogP contribution is -2.41. The first-order valence-corrected chi connectivity index (χ1v) is 15.5. The number of benzene rings is 2. The fourth-order valence-corrected chi connectivity index (χ4v) is 5.21. The zero-order valence-corrected chi connectivity index (χ0v) is 28.6. The van der Waals surface area contributed by atoms with Crippen molar-refractivity contribution in [3.63, 3.8) is 0 Å². The summed E-state index contributed by atoms with van der Waals surface area (Å²) in [6.07, 6.45) is 7.39. The summed E-state index contributed by atoms with van der Waals surface area (Å²) in [6.45, 7) is 5.64. The molecule has 0 fully saturated rings. The molecule has 1 unspecified atom stereocenters. The van der Waals surface area contributed by atoms with Crippen molar-refractivity contribution in [1.29, 1.82) is 0 Å². The highest BCUT2D eigenvalue weighted by atomic mass is 79.9. The Labute approximate surface area is 279 Å². The summed E-state index contributed by atoms with van der Waals surface area (Å²) in [6, 6.07) is 18.1. The van der Waals surface area contributed by atoms with E-state index < -0.39 is 17.1 Å². The number of carbonyl (C=O) groups excluding carboxylic acids is 3. The Kier molecular flexibility index (Phi) is 12.0. The second-order valence-corrected chi connectivity index (χ2v) is 11.7. The molecule has 1 atom stereocenters. The minimum Gasteiger partial charge on any atom is -0.370 e. The Bertz CT molecular complexity index is 1740. The van der Waals surface area contributed by atoms with Gasteiger partial charge in [-0.2, -0.15) is 0 Å². The number of hydrogen-bond donors (Lipinski definition) is 3. The van der Waals surface area contributed by atoms with Gasteiger partial charge in [-0.15, -0.1) is 0 Å². The normalized spacial score (nSPS) is 15.3. The molecule has 2 aromatic carbocycles. The van der Waals surface area contributed by atoms with E-state index in [1.54, 1.807) is 43.7 Å². The number of rotatable bonds is 7. The molecule has 0 spiro atoms. The van der Waals surface area contributed by atoms with Gasteiger partial charge in [0.05, 0.1) is 0 Å². The maximum atomic E-state index is 13.0. The Morgan fingerprint density at radius 2 is 1.40 bits per heavy atom. The first kappa shape index (κ1) is 35.0. The molecule has 1 aliphatic heterocycles. The van der Waals surface area contributed by atoms with Gasteiger partial charge in [0.1, 0.15) is 0 Å². The second-order valence-electron chi connectivity index (χ2n) is 9.83. The zero-order valence-electron chi connectivity index (χ0n) is 25.4. The SMILES string of the molecule is CCn1ccc(C(=O)C(=O)c2cccc(Br)c2)c1.CCn1ccc(C2(c3cccc(Br)c3)N=C(N)N(C)C2=O)c1.CN=C(N)N. The van der Waals surface area contributed by atoms with E-state index in [0.717, 1.165) is 33.2 Å². The molecule has 0 bridgehead atoms. The van der Waals surface area contributed by atoms with E-state index in [0.29, 0.717) is 11.1 Å². The largest absolute Gasteiger partial charge is 0.370 e. The van der Waals surface area contributed by atoms with Crippen molar-refractivity contribution in [3.05, 3.63) is 117 Å². The highest BCUT2D eigenvalue weighted by Crippen LogP contribution is 2.40. The molecule has 0 radical (unpaired) electrons. The molecule has 6 N–H and O–H groups in total. The topological polar surface area (TPSA) is 167 Å². The van der Waals surface area contributed by atoms with E-state index >= 15 is 0 Å². The van der Waals surface area contributed by atoms with Crippen LogP contribution in [-0.4, -0.2) is 57.5 Å². The van der Waals surface area contributed by atoms with Crippen molar-refractivity contribution in [1.82, 2.24) is 14.0 Å². The molecule has 1 aliphatic rings. The average Bonchev–Trinajstić information content (AvgIpc) is 3.77. The lowest BCUT2D eigenvalue weighted by molar-refractivity contribution is -0.129. The molecule has 0 saturated carbocycles. The number of hydrogen-bond acceptors (Lipinski definition) is 6. The first-order valence-electron chi connectivity index (χ1n) is 13.9. The molecule has 5 rings (SSSR count). The van der Waals surface area contributed by atoms with Gasteiger partial charge in [0.25, 0.3) is 5.91 Å². The number of likely N-dealkylation sites (N-methyl/N-ethyl adjacent to an activating group) is 1. The molecular formula is C32H36Br2N8O3. The molecule has 11 nitrogen and oxygen atoms in total. The van der Waals surface area contributed by atoms with Gasteiger partial charge in [-0.25, -0.2) is 4.99 Å². The summed E-state index contributed by atoms with van der Waals surface area (Å²) in [5.41, 5.74) is 16.9. The lowest BCUT2D eigenvalue weighted by atomic mass is 9.84. The smallest absolute Gasteiger partial charge is 0.266 e. The van der Waals surface area contributed by atoms with Crippen molar-refractivity contribution in [3.8, 4) is 0 Å². The maximum absolute atomic E-state index is 13.0. The van der Waals surface area contributed by atoms with Gasteiger partial charge in [-0.1, -0.05) is 56.1 Å². The standard InChI is InChI=1S/C16H17BrN4O.C14H12BrNO2.C2H7N3/c1-3-21-8-7-12(10-21)16(11-5-4-6-13(17)9-11)14(22)20(2)15(18)19-16;1-2-16-7-6-11(9-16)14(18)13(17)10-4-3-5-12(15)8-10;1-5-2(3)4/h4-10H,3H2,1-2H3,(H2,18,19);3-9H,2H2,1H3;1H3,(H4,3,4,5). The number of Topliss-reactive ketones (excluding diaryl/α,β-unsaturated/α-hetero) is 2. The number of nitrogens with zero attached hydrogens (tertiary/aromatic N) is 5. The van der Waals surface area contributed by atoms with Crippen LogP contribution in [0.15, 0.2) is 104 Å². The summed E-state index contributed by atoms with van der Waals surface area (Å²) in [5.74, 6) is -0.735. The van der Waals surface area contributed by atoms with Crippen LogP contribution in [0, 0.1) is 0 Å². The predicted molar refractivity (Wildman–Crippen MR) is 184 cm³/mol. The number of aryl methyl sites for hydroxylation is 2. The van der Waals surface area contributed by atoms with E-state index in [4.69, 9.17) is 17.2 Å². The Morgan fingerprint density at radius 3 is 1.89 bits per heavy atom. The fourth-order valence-electron chi connectivity index (χ4n) is 4.41. The van der Waals surface area contributed by atoms with Crippen LogP contribution in [0.3, 0.4) is 0 Å². The van der Waals surface area contributed by atoms with Gasteiger partial charge in [0.15, 0.2) is 17.5 Å². The third-order valence-electron chi connectivity index (χ3n) is 6.94. The van der Waals surface area contributed by atoms with Gasteiger partial charge in [-0.3, -0.25) is 24.3 Å². The Morgan fingerprint density at radius 1 is 0.844 bits per heavy atom. The highest BCUT2D eigenvalue weighted by Gasteiger charge is 2.50. The Hall–Kier alpha value is -4.49.